The van der Waals surface area contributed by atoms with Crippen molar-refractivity contribution in [1.29, 1.82) is 0 Å². The lowest BCUT2D eigenvalue weighted by Gasteiger charge is -2.05. The summed E-state index contributed by atoms with van der Waals surface area (Å²) in [5, 5.41) is 0. The number of aromatic nitrogens is 1. The van der Waals surface area contributed by atoms with E-state index in [0.717, 1.165) is 21.3 Å². The Hall–Kier alpha value is -3.55. The zero-order valence-corrected chi connectivity index (χ0v) is 18.6. The summed E-state index contributed by atoms with van der Waals surface area (Å²) >= 11 is 1.35. The van der Waals surface area contributed by atoms with Gasteiger partial charge in [0.05, 0.1) is 29.5 Å². The summed E-state index contributed by atoms with van der Waals surface area (Å²) < 4.78 is 12.8. The minimum absolute atomic E-state index is 0.324. The predicted molar refractivity (Wildman–Crippen MR) is 125 cm³/mol. The van der Waals surface area contributed by atoms with Gasteiger partial charge in [0.1, 0.15) is 0 Å². The maximum atomic E-state index is 12.9. The van der Waals surface area contributed by atoms with E-state index < -0.39 is 5.97 Å². The van der Waals surface area contributed by atoms with Crippen LogP contribution < -0.4 is 4.80 Å². The van der Waals surface area contributed by atoms with Gasteiger partial charge in [-0.05, 0) is 41.5 Å². The number of carbonyl (C=O) groups is 2. The van der Waals surface area contributed by atoms with Crippen LogP contribution in [0.3, 0.4) is 0 Å². The van der Waals surface area contributed by atoms with Crippen LogP contribution in [0.5, 0.6) is 0 Å². The van der Waals surface area contributed by atoms with Crippen molar-refractivity contribution in [1.82, 2.24) is 4.57 Å². The Morgan fingerprint density at radius 2 is 1.59 bits per heavy atom. The molecule has 1 aromatic heterocycles. The average molecular weight is 447 g/mol. The number of rotatable bonds is 6. The van der Waals surface area contributed by atoms with Gasteiger partial charge >= 0.3 is 5.97 Å². The van der Waals surface area contributed by atoms with Crippen LogP contribution in [0, 0.1) is 0 Å². The van der Waals surface area contributed by atoms with Gasteiger partial charge in [-0.3, -0.25) is 4.79 Å². The van der Waals surface area contributed by atoms with Gasteiger partial charge in [-0.2, -0.15) is 4.99 Å². The van der Waals surface area contributed by atoms with Crippen LogP contribution in [0.15, 0.2) is 77.8 Å². The molecule has 1 heterocycles. The molecule has 0 aliphatic rings. The van der Waals surface area contributed by atoms with Crippen LogP contribution in [-0.4, -0.2) is 37.3 Å². The minimum atomic E-state index is -0.406. The van der Waals surface area contributed by atoms with Gasteiger partial charge in [-0.15, -0.1) is 0 Å². The molecule has 0 aliphatic carbocycles. The molecule has 0 radical (unpaired) electrons. The molecule has 3 aromatic carbocycles. The third-order valence-corrected chi connectivity index (χ3v) is 6.10. The normalized spacial score (nSPS) is 11.6. The molecule has 6 nitrogen and oxygen atoms in total. The lowest BCUT2D eigenvalue weighted by molar-refractivity contribution is 0.0600. The van der Waals surface area contributed by atoms with Gasteiger partial charge in [-0.1, -0.05) is 53.8 Å². The second-order valence-corrected chi connectivity index (χ2v) is 8.07. The number of ether oxygens (including phenoxy) is 2. The van der Waals surface area contributed by atoms with E-state index in [0.29, 0.717) is 29.1 Å². The Labute approximate surface area is 189 Å². The number of fused-ring (bicyclic) bond motifs is 1. The van der Waals surface area contributed by atoms with Gasteiger partial charge in [0, 0.05) is 19.2 Å². The monoisotopic (exact) mass is 446 g/mol. The third-order valence-electron chi connectivity index (χ3n) is 5.06. The number of esters is 1. The summed E-state index contributed by atoms with van der Waals surface area (Å²) in [7, 11) is 2.98. The van der Waals surface area contributed by atoms with Crippen molar-refractivity contribution in [3.63, 3.8) is 0 Å². The van der Waals surface area contributed by atoms with E-state index in [9.17, 15) is 9.59 Å². The second kappa shape index (κ2) is 9.72. The summed E-state index contributed by atoms with van der Waals surface area (Å²) in [5.41, 5.74) is 3.97. The van der Waals surface area contributed by atoms with Crippen molar-refractivity contribution in [3.05, 3.63) is 88.7 Å². The van der Waals surface area contributed by atoms with E-state index in [-0.39, 0.29) is 5.91 Å². The molecule has 0 fully saturated rings. The first-order chi connectivity index (χ1) is 15.6. The fourth-order valence-electron chi connectivity index (χ4n) is 3.39. The molecule has 0 unspecified atom stereocenters. The van der Waals surface area contributed by atoms with Crippen molar-refractivity contribution in [2.75, 3.05) is 20.8 Å². The number of carbonyl (C=O) groups excluding carboxylic acids is 2. The first kappa shape index (κ1) is 21.7. The SMILES string of the molecule is COCCn1c(=NC(=O)c2ccc(-c3ccccc3)cc2)sc2cc(C(=O)OC)ccc21. The fraction of sp³-hybridized carbons (Fsp3) is 0.160. The molecule has 0 aliphatic heterocycles. The molecule has 162 valence electrons. The fourth-order valence-corrected chi connectivity index (χ4v) is 4.48. The Bertz CT molecular complexity index is 1320. The third kappa shape index (κ3) is 4.54. The quantitative estimate of drug-likeness (QED) is 0.408. The topological polar surface area (TPSA) is 69.9 Å². The predicted octanol–water partition coefficient (Wildman–Crippen LogP) is 4.54. The lowest BCUT2D eigenvalue weighted by atomic mass is 10.0. The molecule has 0 atom stereocenters. The summed E-state index contributed by atoms with van der Waals surface area (Å²) in [6.07, 6.45) is 0. The molecule has 4 rings (SSSR count). The Morgan fingerprint density at radius 3 is 2.28 bits per heavy atom. The summed E-state index contributed by atoms with van der Waals surface area (Å²) in [5.74, 6) is -0.729. The number of amides is 1. The number of thiazole rings is 1. The van der Waals surface area contributed by atoms with E-state index in [1.165, 1.54) is 18.4 Å². The van der Waals surface area contributed by atoms with E-state index in [1.807, 2.05) is 53.1 Å². The van der Waals surface area contributed by atoms with Crippen molar-refractivity contribution < 1.29 is 19.1 Å². The van der Waals surface area contributed by atoms with Crippen molar-refractivity contribution >= 4 is 33.4 Å². The maximum Gasteiger partial charge on any atom is 0.337 e. The average Bonchev–Trinajstić information content (AvgIpc) is 3.18. The largest absolute Gasteiger partial charge is 0.465 e. The first-order valence-corrected chi connectivity index (χ1v) is 10.9. The minimum Gasteiger partial charge on any atom is -0.465 e. The smallest absolute Gasteiger partial charge is 0.337 e. The van der Waals surface area contributed by atoms with E-state index in [2.05, 4.69) is 4.99 Å². The molecule has 0 spiro atoms. The molecule has 4 aromatic rings. The number of benzene rings is 3. The van der Waals surface area contributed by atoms with E-state index in [4.69, 9.17) is 9.47 Å². The van der Waals surface area contributed by atoms with E-state index in [1.54, 1.807) is 31.4 Å². The van der Waals surface area contributed by atoms with Crippen LogP contribution in [-0.2, 0) is 16.0 Å². The number of methoxy groups -OCH3 is 2. The molecule has 7 heteroatoms. The number of hydrogen-bond donors (Lipinski definition) is 0. The highest BCUT2D eigenvalue weighted by Crippen LogP contribution is 2.21. The highest BCUT2D eigenvalue weighted by molar-refractivity contribution is 7.16. The molecule has 0 N–H and O–H groups in total. The molecule has 1 amide bonds. The Morgan fingerprint density at radius 1 is 0.906 bits per heavy atom. The Kier molecular flexibility index (Phi) is 6.58. The van der Waals surface area contributed by atoms with Gasteiger partial charge < -0.3 is 14.0 Å². The molecule has 0 saturated heterocycles. The summed E-state index contributed by atoms with van der Waals surface area (Å²) in [4.78, 5) is 29.7. The van der Waals surface area contributed by atoms with Gasteiger partial charge in [0.25, 0.3) is 5.91 Å². The molecule has 0 saturated carbocycles. The van der Waals surface area contributed by atoms with Gasteiger partial charge in [0.2, 0.25) is 0 Å². The zero-order valence-electron chi connectivity index (χ0n) is 17.8. The summed E-state index contributed by atoms with van der Waals surface area (Å²) in [6, 6.07) is 22.7. The van der Waals surface area contributed by atoms with E-state index >= 15 is 0 Å². The highest BCUT2D eigenvalue weighted by atomic mass is 32.1. The lowest BCUT2D eigenvalue weighted by Crippen LogP contribution is -2.19. The standard InChI is InChI=1S/C25H22N2O4S/c1-30-15-14-27-21-13-12-20(24(29)31-2)16-22(21)32-25(27)26-23(28)19-10-8-18(9-11-19)17-6-4-3-5-7-17/h3-13,16H,14-15H2,1-2H3. The van der Waals surface area contributed by atoms with Crippen LogP contribution in [0.2, 0.25) is 0 Å². The van der Waals surface area contributed by atoms with Gasteiger partial charge in [0.15, 0.2) is 4.80 Å². The molecular weight excluding hydrogens is 424 g/mol. The van der Waals surface area contributed by atoms with Crippen LogP contribution in [0.1, 0.15) is 20.7 Å². The zero-order chi connectivity index (χ0) is 22.5. The van der Waals surface area contributed by atoms with Crippen LogP contribution in [0.25, 0.3) is 21.3 Å². The summed E-state index contributed by atoms with van der Waals surface area (Å²) in [6.45, 7) is 1.00. The highest BCUT2D eigenvalue weighted by Gasteiger charge is 2.13. The van der Waals surface area contributed by atoms with Crippen molar-refractivity contribution in [3.8, 4) is 11.1 Å². The van der Waals surface area contributed by atoms with Crippen LogP contribution >= 0.6 is 11.3 Å². The number of hydrogen-bond acceptors (Lipinski definition) is 5. The number of nitrogens with zero attached hydrogens (tertiary/aromatic N) is 2. The van der Waals surface area contributed by atoms with Crippen molar-refractivity contribution in [2.45, 2.75) is 6.54 Å². The molecular formula is C25H22N2O4S. The van der Waals surface area contributed by atoms with Crippen LogP contribution in [0.4, 0.5) is 0 Å². The van der Waals surface area contributed by atoms with Crippen molar-refractivity contribution in [2.24, 2.45) is 4.99 Å². The van der Waals surface area contributed by atoms with Gasteiger partial charge in [-0.25, -0.2) is 4.79 Å². The first-order valence-electron chi connectivity index (χ1n) is 10.1. The molecule has 32 heavy (non-hydrogen) atoms. The Balaban J connectivity index is 1.71. The molecule has 0 bridgehead atoms. The second-order valence-electron chi connectivity index (χ2n) is 7.06. The maximum absolute atomic E-state index is 12.9.